The van der Waals surface area contributed by atoms with Crippen molar-refractivity contribution in [2.45, 2.75) is 142 Å². The lowest BCUT2D eigenvalue weighted by molar-refractivity contribution is -0.123. The number of nitrogens with two attached hydrogens (primary N) is 1. The second-order valence-electron chi connectivity index (χ2n) is 11.4. The van der Waals surface area contributed by atoms with Crippen molar-refractivity contribution in [2.75, 3.05) is 13.1 Å². The molecule has 0 aliphatic rings. The van der Waals surface area contributed by atoms with Crippen LogP contribution >= 0.6 is 0 Å². The second kappa shape index (κ2) is 23.3. The van der Waals surface area contributed by atoms with Gasteiger partial charge in [0.15, 0.2) is 0 Å². The van der Waals surface area contributed by atoms with Gasteiger partial charge in [-0.1, -0.05) is 103 Å². The summed E-state index contributed by atoms with van der Waals surface area (Å²) >= 11 is 0. The van der Waals surface area contributed by atoms with Crippen molar-refractivity contribution < 1.29 is 14.4 Å². The van der Waals surface area contributed by atoms with Crippen molar-refractivity contribution in [2.24, 2.45) is 5.73 Å². The van der Waals surface area contributed by atoms with Gasteiger partial charge in [-0.2, -0.15) is 0 Å². The largest absolute Gasteiger partial charge is 0.354 e. The van der Waals surface area contributed by atoms with Crippen LogP contribution in [0.1, 0.15) is 151 Å². The zero-order valence-electron chi connectivity index (χ0n) is 25.7. The number of rotatable bonds is 24. The number of hydrogen-bond donors (Lipinski definition) is 4. The van der Waals surface area contributed by atoms with Gasteiger partial charge >= 0.3 is 0 Å². The molecule has 7 nitrogen and oxygen atoms in total. The molecular formula is C33H58N4O3. The summed E-state index contributed by atoms with van der Waals surface area (Å²) in [4.78, 5) is 38.7. The minimum Gasteiger partial charge on any atom is -0.354 e. The predicted octanol–water partition coefficient (Wildman–Crippen LogP) is 6.65. The maximum atomic E-state index is 13.1. The van der Waals surface area contributed by atoms with E-state index in [1.807, 2.05) is 13.8 Å². The van der Waals surface area contributed by atoms with Crippen LogP contribution in [0, 0.1) is 0 Å². The first kappa shape index (κ1) is 35.6. The SMILES string of the molecule is CCCCCCCCCCCCCCCCNC(=O)[C@H](CCCCN)NC(=O)c1ccccc1C(=O)NC(C)C. The van der Waals surface area contributed by atoms with Crippen LogP contribution in [0.4, 0.5) is 0 Å². The van der Waals surface area contributed by atoms with Crippen LogP contribution in [-0.4, -0.2) is 42.9 Å². The van der Waals surface area contributed by atoms with Gasteiger partial charge in [-0.05, 0) is 58.2 Å². The van der Waals surface area contributed by atoms with Gasteiger partial charge < -0.3 is 21.7 Å². The molecule has 0 aliphatic heterocycles. The fourth-order valence-corrected chi connectivity index (χ4v) is 4.87. The second-order valence-corrected chi connectivity index (χ2v) is 11.4. The Morgan fingerprint density at radius 3 is 1.62 bits per heavy atom. The Labute approximate surface area is 244 Å². The fourth-order valence-electron chi connectivity index (χ4n) is 4.87. The molecule has 228 valence electrons. The molecule has 1 atom stereocenters. The molecule has 5 N–H and O–H groups in total. The Morgan fingerprint density at radius 2 is 1.15 bits per heavy atom. The molecule has 0 aliphatic carbocycles. The summed E-state index contributed by atoms with van der Waals surface area (Å²) < 4.78 is 0. The van der Waals surface area contributed by atoms with E-state index in [9.17, 15) is 14.4 Å². The molecule has 0 aromatic heterocycles. The van der Waals surface area contributed by atoms with Gasteiger partial charge in [0, 0.05) is 12.6 Å². The molecule has 0 saturated heterocycles. The first-order valence-corrected chi connectivity index (χ1v) is 16.1. The molecule has 1 rings (SSSR count). The zero-order chi connectivity index (χ0) is 29.4. The summed E-state index contributed by atoms with van der Waals surface area (Å²) in [5.74, 6) is -0.897. The summed E-state index contributed by atoms with van der Waals surface area (Å²) in [7, 11) is 0. The van der Waals surface area contributed by atoms with Crippen LogP contribution in [0.2, 0.25) is 0 Å². The normalized spacial score (nSPS) is 11.8. The number of hydrogen-bond acceptors (Lipinski definition) is 4. The maximum absolute atomic E-state index is 13.1. The average molecular weight is 559 g/mol. The number of unbranched alkanes of at least 4 members (excludes halogenated alkanes) is 14. The van der Waals surface area contributed by atoms with E-state index in [0.717, 1.165) is 25.7 Å². The minimum absolute atomic E-state index is 0.0479. The molecule has 0 bridgehead atoms. The Balaban J connectivity index is 2.37. The summed E-state index contributed by atoms with van der Waals surface area (Å²) in [5, 5.41) is 8.71. The molecule has 1 aromatic rings. The van der Waals surface area contributed by atoms with Crippen molar-refractivity contribution in [3.05, 3.63) is 35.4 Å². The first-order chi connectivity index (χ1) is 19.4. The van der Waals surface area contributed by atoms with Crippen molar-refractivity contribution in [1.29, 1.82) is 0 Å². The van der Waals surface area contributed by atoms with Crippen LogP contribution in [0.5, 0.6) is 0 Å². The highest BCUT2D eigenvalue weighted by molar-refractivity contribution is 6.08. The fraction of sp³-hybridized carbons (Fsp3) is 0.727. The number of benzene rings is 1. The third-order valence-corrected chi connectivity index (χ3v) is 7.23. The maximum Gasteiger partial charge on any atom is 0.252 e. The van der Waals surface area contributed by atoms with Crippen molar-refractivity contribution in [3.8, 4) is 0 Å². The van der Waals surface area contributed by atoms with E-state index in [1.54, 1.807) is 24.3 Å². The van der Waals surface area contributed by atoms with E-state index in [2.05, 4.69) is 22.9 Å². The smallest absolute Gasteiger partial charge is 0.252 e. The Bertz CT molecular complexity index is 828. The van der Waals surface area contributed by atoms with Crippen LogP contribution in [0.25, 0.3) is 0 Å². The van der Waals surface area contributed by atoms with Gasteiger partial charge in [-0.15, -0.1) is 0 Å². The monoisotopic (exact) mass is 558 g/mol. The molecule has 0 fully saturated rings. The number of carbonyl (C=O) groups excluding carboxylic acids is 3. The molecule has 0 spiro atoms. The molecular weight excluding hydrogens is 500 g/mol. The third-order valence-electron chi connectivity index (χ3n) is 7.23. The summed E-state index contributed by atoms with van der Waals surface area (Å²) in [5.41, 5.74) is 6.21. The van der Waals surface area contributed by atoms with E-state index in [1.165, 1.54) is 77.0 Å². The van der Waals surface area contributed by atoms with Gasteiger partial charge in [0.1, 0.15) is 6.04 Å². The Morgan fingerprint density at radius 1 is 0.675 bits per heavy atom. The standard InChI is InChI=1S/C33H58N4O3/c1-4-5-6-7-8-9-10-11-12-13-14-15-16-21-26-35-33(40)30(24-19-20-25-34)37-32(39)29-23-18-17-22-28(29)31(38)36-27(2)3/h17-18,22-23,27,30H,4-16,19-21,24-26,34H2,1-3H3,(H,35,40)(H,36,38)(H,37,39)/t30-/m0/s1. The van der Waals surface area contributed by atoms with Crippen molar-refractivity contribution >= 4 is 17.7 Å². The van der Waals surface area contributed by atoms with Gasteiger partial charge in [0.05, 0.1) is 11.1 Å². The van der Waals surface area contributed by atoms with Gasteiger partial charge in [0.25, 0.3) is 11.8 Å². The van der Waals surface area contributed by atoms with Crippen molar-refractivity contribution in [3.63, 3.8) is 0 Å². The number of nitrogens with one attached hydrogen (secondary N) is 3. The minimum atomic E-state index is -0.660. The van der Waals surface area contributed by atoms with Gasteiger partial charge in [0.2, 0.25) is 5.91 Å². The summed E-state index contributed by atoms with van der Waals surface area (Å²) in [6.45, 7) is 7.15. The molecule has 0 saturated carbocycles. The molecule has 1 aromatic carbocycles. The molecule has 40 heavy (non-hydrogen) atoms. The van der Waals surface area contributed by atoms with Crippen LogP contribution < -0.4 is 21.7 Å². The highest BCUT2D eigenvalue weighted by Gasteiger charge is 2.23. The molecule has 0 unspecified atom stereocenters. The van der Waals surface area contributed by atoms with Gasteiger partial charge in [-0.25, -0.2) is 0 Å². The molecule has 3 amide bonds. The highest BCUT2D eigenvalue weighted by Crippen LogP contribution is 2.13. The zero-order valence-corrected chi connectivity index (χ0v) is 25.7. The van der Waals surface area contributed by atoms with Crippen LogP contribution in [-0.2, 0) is 4.79 Å². The number of carbonyl (C=O) groups is 3. The van der Waals surface area contributed by atoms with E-state index < -0.39 is 11.9 Å². The molecule has 0 heterocycles. The quantitative estimate of drug-likeness (QED) is 0.106. The summed E-state index contributed by atoms with van der Waals surface area (Å²) in [6.07, 6.45) is 20.1. The lowest BCUT2D eigenvalue weighted by atomic mass is 10.0. The predicted molar refractivity (Wildman–Crippen MR) is 167 cm³/mol. The van der Waals surface area contributed by atoms with Crippen LogP contribution in [0.15, 0.2) is 24.3 Å². The first-order valence-electron chi connectivity index (χ1n) is 16.1. The third kappa shape index (κ3) is 16.6. The summed E-state index contributed by atoms with van der Waals surface area (Å²) in [6, 6.07) is 5.99. The topological polar surface area (TPSA) is 113 Å². The van der Waals surface area contributed by atoms with E-state index >= 15 is 0 Å². The van der Waals surface area contributed by atoms with E-state index in [0.29, 0.717) is 25.1 Å². The lowest BCUT2D eigenvalue weighted by Crippen LogP contribution is -2.47. The van der Waals surface area contributed by atoms with Gasteiger partial charge in [-0.3, -0.25) is 14.4 Å². The van der Waals surface area contributed by atoms with E-state index in [-0.39, 0.29) is 23.4 Å². The highest BCUT2D eigenvalue weighted by atomic mass is 16.2. The van der Waals surface area contributed by atoms with Crippen molar-refractivity contribution in [1.82, 2.24) is 16.0 Å². The van der Waals surface area contributed by atoms with E-state index in [4.69, 9.17) is 5.73 Å². The number of amides is 3. The van der Waals surface area contributed by atoms with Crippen LogP contribution in [0.3, 0.4) is 0 Å². The molecule has 7 heteroatoms. The Kier molecular flexibility index (Phi) is 20.8. The molecule has 0 radical (unpaired) electrons. The lowest BCUT2D eigenvalue weighted by Gasteiger charge is -2.19. The average Bonchev–Trinajstić information content (AvgIpc) is 2.94. The Hall–Kier alpha value is -2.41.